The first-order chi connectivity index (χ1) is 21.1. The molecular weight excluding hydrogens is 573 g/mol. The molecule has 2 aliphatic heterocycles. The van der Waals surface area contributed by atoms with Crippen molar-refractivity contribution in [2.45, 2.75) is 33.1 Å². The Kier molecular flexibility index (Phi) is 10.7. The molecule has 1 fully saturated rings. The Labute approximate surface area is 266 Å². The van der Waals surface area contributed by atoms with Gasteiger partial charge in [0.05, 0.1) is 23.0 Å². The predicted molar refractivity (Wildman–Crippen MR) is 183 cm³/mol. The highest BCUT2D eigenvalue weighted by Gasteiger charge is 2.36. The molecule has 43 heavy (non-hydrogen) atoms. The number of halogens is 2. The second-order valence-corrected chi connectivity index (χ2v) is 11.3. The molecule has 222 valence electrons. The quantitative estimate of drug-likeness (QED) is 0.194. The van der Waals surface area contributed by atoms with Gasteiger partial charge in [-0.15, -0.1) is 0 Å². The van der Waals surface area contributed by atoms with Crippen molar-refractivity contribution in [2.75, 3.05) is 38.1 Å². The summed E-state index contributed by atoms with van der Waals surface area (Å²) in [6, 6.07) is 36.4. The van der Waals surface area contributed by atoms with Gasteiger partial charge in [0.25, 0.3) is 0 Å². The average molecular weight is 614 g/mol. The molecule has 6 heteroatoms. The first-order valence-corrected chi connectivity index (χ1v) is 15.9. The van der Waals surface area contributed by atoms with E-state index in [2.05, 4.69) is 126 Å². The fourth-order valence-corrected chi connectivity index (χ4v) is 6.41. The predicted octanol–water partition coefficient (Wildman–Crippen LogP) is 9.48. The van der Waals surface area contributed by atoms with E-state index in [1.165, 1.54) is 53.0 Å². The Morgan fingerprint density at radius 2 is 1.42 bits per heavy atom. The third kappa shape index (κ3) is 6.89. The molecule has 0 unspecified atom stereocenters. The number of fused-ring (bicyclic) bond motifs is 1. The molecule has 0 radical (unpaired) electrons. The largest absolute Gasteiger partial charge is 0.372 e. The minimum absolute atomic E-state index is 0.752. The summed E-state index contributed by atoms with van der Waals surface area (Å²) < 4.78 is 6.80. The van der Waals surface area contributed by atoms with Crippen LogP contribution in [0.5, 0.6) is 0 Å². The van der Waals surface area contributed by atoms with Crippen molar-refractivity contribution in [3.05, 3.63) is 130 Å². The molecule has 0 saturated carbocycles. The number of piperidine rings is 1. The number of nitrogens with zero attached hydrogens (tertiary/aromatic N) is 3. The third-order valence-corrected chi connectivity index (χ3v) is 8.77. The Morgan fingerprint density at radius 1 is 0.791 bits per heavy atom. The first-order valence-electron chi connectivity index (χ1n) is 15.2. The minimum atomic E-state index is 0.752. The van der Waals surface area contributed by atoms with Gasteiger partial charge in [0.15, 0.2) is 0 Å². The second-order valence-electron chi connectivity index (χ2n) is 10.8. The van der Waals surface area contributed by atoms with Gasteiger partial charge in [0.2, 0.25) is 11.4 Å². The van der Waals surface area contributed by atoms with Crippen molar-refractivity contribution in [1.82, 2.24) is 5.06 Å². The zero-order valence-corrected chi connectivity index (χ0v) is 26.8. The molecule has 4 aromatic rings. The Balaban J connectivity index is 0.000000400. The SMILES string of the molecule is CCN(CC)c1ccc(C(=C2C(c3ccccc3)=[N+](C)c3ccccc32)c2ccccc2Cl)cc1.ClON1CCCCC1. The molecule has 2 heterocycles. The van der Waals surface area contributed by atoms with Crippen LogP contribution >= 0.6 is 23.5 Å². The molecule has 2 aliphatic rings. The minimum Gasteiger partial charge on any atom is -0.372 e. The number of hydroxylamine groups is 2. The highest BCUT2D eigenvalue weighted by Crippen LogP contribution is 2.44. The number of hydrogen-bond donors (Lipinski definition) is 0. The maximum atomic E-state index is 6.87. The van der Waals surface area contributed by atoms with Gasteiger partial charge in [-0.1, -0.05) is 78.7 Å². The summed E-state index contributed by atoms with van der Waals surface area (Å²) >= 11 is 12.0. The lowest BCUT2D eigenvalue weighted by molar-refractivity contribution is -0.400. The van der Waals surface area contributed by atoms with E-state index >= 15 is 0 Å². The molecule has 0 N–H and O–H groups in total. The highest BCUT2D eigenvalue weighted by atomic mass is 35.5. The second kappa shape index (κ2) is 14.9. The lowest BCUT2D eigenvalue weighted by Crippen LogP contribution is -2.26. The maximum absolute atomic E-state index is 6.87. The van der Waals surface area contributed by atoms with Crippen LogP contribution in [0.3, 0.4) is 0 Å². The zero-order valence-electron chi connectivity index (χ0n) is 25.3. The van der Waals surface area contributed by atoms with E-state index in [4.69, 9.17) is 23.5 Å². The van der Waals surface area contributed by atoms with Gasteiger partial charge in [-0.2, -0.15) is 14.0 Å². The van der Waals surface area contributed by atoms with E-state index in [1.54, 1.807) is 5.06 Å². The molecule has 0 bridgehead atoms. The van der Waals surface area contributed by atoms with Crippen molar-refractivity contribution < 1.29 is 8.97 Å². The monoisotopic (exact) mass is 612 g/mol. The topological polar surface area (TPSA) is 18.7 Å². The molecule has 0 atom stereocenters. The zero-order chi connectivity index (χ0) is 30.2. The van der Waals surface area contributed by atoms with Crippen molar-refractivity contribution in [3.63, 3.8) is 0 Å². The van der Waals surface area contributed by atoms with Crippen molar-refractivity contribution in [2.24, 2.45) is 0 Å². The molecule has 6 rings (SSSR count). The van der Waals surface area contributed by atoms with Gasteiger partial charge in [0, 0.05) is 59.7 Å². The molecule has 4 nitrogen and oxygen atoms in total. The number of benzene rings is 4. The van der Waals surface area contributed by atoms with E-state index in [-0.39, 0.29) is 0 Å². The summed E-state index contributed by atoms with van der Waals surface area (Å²) in [6.07, 6.45) is 3.75. The van der Waals surface area contributed by atoms with Crippen LogP contribution in [0.2, 0.25) is 5.02 Å². The van der Waals surface area contributed by atoms with E-state index in [9.17, 15) is 0 Å². The number of hydrogen-bond acceptors (Lipinski definition) is 3. The normalized spacial score (nSPS) is 15.9. The summed E-state index contributed by atoms with van der Waals surface area (Å²) in [5.74, 6) is 0. The van der Waals surface area contributed by atoms with E-state index in [0.717, 1.165) is 47.9 Å². The molecule has 0 aromatic heterocycles. The van der Waals surface area contributed by atoms with Crippen LogP contribution in [0.25, 0.3) is 11.1 Å². The van der Waals surface area contributed by atoms with Crippen LogP contribution in [0.1, 0.15) is 55.4 Å². The Morgan fingerprint density at radius 3 is 2.05 bits per heavy atom. The smallest absolute Gasteiger partial charge is 0.221 e. The average Bonchev–Trinajstić information content (AvgIpc) is 3.36. The fraction of sp³-hybridized carbons (Fsp3) is 0.270. The van der Waals surface area contributed by atoms with E-state index in [1.807, 2.05) is 12.1 Å². The lowest BCUT2D eigenvalue weighted by atomic mass is 9.86. The van der Waals surface area contributed by atoms with Gasteiger partial charge in [0.1, 0.15) is 7.05 Å². The molecule has 0 amide bonds. The molecule has 4 aromatic carbocycles. The maximum Gasteiger partial charge on any atom is 0.221 e. The van der Waals surface area contributed by atoms with Crippen molar-refractivity contribution >= 4 is 51.7 Å². The van der Waals surface area contributed by atoms with Crippen LogP contribution in [-0.4, -0.2) is 48.6 Å². The lowest BCUT2D eigenvalue weighted by Gasteiger charge is -2.22. The summed E-state index contributed by atoms with van der Waals surface area (Å²) in [6.45, 7) is 8.34. The summed E-state index contributed by atoms with van der Waals surface area (Å²) in [4.78, 5) is 2.37. The van der Waals surface area contributed by atoms with Gasteiger partial charge in [-0.3, -0.25) is 0 Å². The number of rotatable bonds is 7. The van der Waals surface area contributed by atoms with E-state index < -0.39 is 0 Å². The number of anilines is 1. The van der Waals surface area contributed by atoms with Crippen LogP contribution in [0.4, 0.5) is 11.4 Å². The van der Waals surface area contributed by atoms with Crippen LogP contribution in [0.15, 0.2) is 103 Å². The Hall–Kier alpha value is -3.41. The van der Waals surface area contributed by atoms with Crippen molar-refractivity contribution in [3.8, 4) is 0 Å². The van der Waals surface area contributed by atoms with Gasteiger partial charge < -0.3 is 4.90 Å². The van der Waals surface area contributed by atoms with Gasteiger partial charge in [-0.25, -0.2) is 0 Å². The van der Waals surface area contributed by atoms with Gasteiger partial charge in [-0.05, 0) is 68.7 Å². The molecular formula is C37H40Cl2N3O+. The van der Waals surface area contributed by atoms with Crippen molar-refractivity contribution in [1.29, 1.82) is 0 Å². The Bertz CT molecular complexity index is 1570. The number of allylic oxidation sites excluding steroid dienone is 1. The molecule has 0 spiro atoms. The van der Waals surface area contributed by atoms with Crippen LogP contribution in [0, 0.1) is 0 Å². The molecule has 0 aliphatic carbocycles. The van der Waals surface area contributed by atoms with Gasteiger partial charge >= 0.3 is 0 Å². The third-order valence-electron chi connectivity index (χ3n) is 8.24. The molecule has 1 saturated heterocycles. The summed E-state index contributed by atoms with van der Waals surface area (Å²) in [5, 5.41) is 2.53. The first kappa shape index (κ1) is 31.0. The van der Waals surface area contributed by atoms with Crippen LogP contribution < -0.4 is 4.90 Å². The standard InChI is InChI=1S/C32H30ClN2.C5H10ClNO/c1-4-35(5-2)25-21-19-23(20-22-25)30(26-15-9-11-17-28(26)33)31-27-16-10-12-18-29(27)34(3)32(31)24-13-7-6-8-14-24;6-8-7-4-2-1-3-5-7/h6-22H,4-5H2,1-3H3;1-5H2/q+1;. The van der Waals surface area contributed by atoms with E-state index in [0.29, 0.717) is 0 Å². The highest BCUT2D eigenvalue weighted by molar-refractivity contribution is 6.40. The van der Waals surface area contributed by atoms with Crippen LogP contribution in [-0.2, 0) is 4.39 Å². The number of para-hydroxylation sites is 1. The fourth-order valence-electron chi connectivity index (χ4n) is 6.04. The summed E-state index contributed by atoms with van der Waals surface area (Å²) in [7, 11) is 2.15. The summed E-state index contributed by atoms with van der Waals surface area (Å²) in [5.41, 5.74) is 10.6.